The number of hydrogen-bond donors (Lipinski definition) is 1. The lowest BCUT2D eigenvalue weighted by molar-refractivity contribution is 0.368. The number of ether oxygens (including phenoxy) is 1. The van der Waals surface area contributed by atoms with Crippen LogP contribution in [0.25, 0.3) is 0 Å². The minimum absolute atomic E-state index is 0.265. The predicted octanol–water partition coefficient (Wildman–Crippen LogP) is 2.98. The molecule has 1 aliphatic rings. The van der Waals surface area contributed by atoms with Crippen molar-refractivity contribution in [2.24, 2.45) is 5.73 Å². The standard InChI is InChI=1S/C13H19NOS/c1-10-4-5-11(15-2)12(8-10)16-13(9-14)6-3-7-13/h4-5,8H,3,6-7,9,14H2,1-2H3. The average molecular weight is 237 g/mol. The first-order valence-corrected chi connectivity index (χ1v) is 6.54. The van der Waals surface area contributed by atoms with Crippen molar-refractivity contribution in [1.29, 1.82) is 0 Å². The van der Waals surface area contributed by atoms with Crippen molar-refractivity contribution >= 4 is 11.8 Å². The summed E-state index contributed by atoms with van der Waals surface area (Å²) in [6.45, 7) is 2.87. The number of benzene rings is 1. The molecular formula is C13H19NOS. The van der Waals surface area contributed by atoms with E-state index in [1.54, 1.807) is 7.11 Å². The smallest absolute Gasteiger partial charge is 0.132 e. The molecule has 3 heteroatoms. The molecule has 1 fully saturated rings. The summed E-state index contributed by atoms with van der Waals surface area (Å²) in [5, 5.41) is 0. The van der Waals surface area contributed by atoms with Crippen LogP contribution in [0.5, 0.6) is 5.75 Å². The number of aryl methyl sites for hydroxylation is 1. The van der Waals surface area contributed by atoms with Crippen molar-refractivity contribution in [3.05, 3.63) is 23.8 Å². The van der Waals surface area contributed by atoms with Gasteiger partial charge in [0.05, 0.1) is 12.0 Å². The van der Waals surface area contributed by atoms with Crippen LogP contribution in [0.3, 0.4) is 0 Å². The molecular weight excluding hydrogens is 218 g/mol. The molecule has 1 saturated carbocycles. The quantitative estimate of drug-likeness (QED) is 0.874. The number of methoxy groups -OCH3 is 1. The maximum atomic E-state index is 5.88. The van der Waals surface area contributed by atoms with Gasteiger partial charge in [0, 0.05) is 11.3 Å². The normalized spacial score (nSPS) is 17.9. The highest BCUT2D eigenvalue weighted by molar-refractivity contribution is 8.00. The van der Waals surface area contributed by atoms with Gasteiger partial charge in [-0.3, -0.25) is 0 Å². The van der Waals surface area contributed by atoms with E-state index in [0.29, 0.717) is 0 Å². The van der Waals surface area contributed by atoms with Gasteiger partial charge in [-0.2, -0.15) is 0 Å². The molecule has 2 rings (SSSR count). The van der Waals surface area contributed by atoms with Crippen LogP contribution in [0.4, 0.5) is 0 Å². The van der Waals surface area contributed by atoms with E-state index in [1.165, 1.54) is 29.7 Å². The van der Waals surface area contributed by atoms with Gasteiger partial charge in [-0.05, 0) is 37.5 Å². The van der Waals surface area contributed by atoms with Crippen molar-refractivity contribution in [2.45, 2.75) is 35.8 Å². The van der Waals surface area contributed by atoms with E-state index < -0.39 is 0 Å². The Balaban J connectivity index is 2.22. The molecule has 1 aliphatic carbocycles. The summed E-state index contributed by atoms with van der Waals surface area (Å²) >= 11 is 1.89. The highest BCUT2D eigenvalue weighted by atomic mass is 32.2. The zero-order valence-electron chi connectivity index (χ0n) is 9.95. The lowest BCUT2D eigenvalue weighted by atomic mass is 9.84. The van der Waals surface area contributed by atoms with Gasteiger partial charge in [-0.1, -0.05) is 12.5 Å². The van der Waals surface area contributed by atoms with Gasteiger partial charge in [-0.25, -0.2) is 0 Å². The zero-order valence-corrected chi connectivity index (χ0v) is 10.8. The molecule has 0 atom stereocenters. The summed E-state index contributed by atoms with van der Waals surface area (Å²) in [4.78, 5) is 1.23. The summed E-state index contributed by atoms with van der Waals surface area (Å²) in [6, 6.07) is 6.32. The van der Waals surface area contributed by atoms with E-state index in [4.69, 9.17) is 10.5 Å². The topological polar surface area (TPSA) is 35.2 Å². The van der Waals surface area contributed by atoms with Crippen LogP contribution in [-0.2, 0) is 0 Å². The Morgan fingerprint density at radius 1 is 1.44 bits per heavy atom. The molecule has 0 spiro atoms. The second kappa shape index (κ2) is 4.68. The zero-order chi connectivity index (χ0) is 11.6. The van der Waals surface area contributed by atoms with Crippen molar-refractivity contribution in [2.75, 3.05) is 13.7 Å². The Morgan fingerprint density at radius 3 is 2.69 bits per heavy atom. The first kappa shape index (κ1) is 11.8. The third-order valence-corrected chi connectivity index (χ3v) is 4.83. The second-order valence-corrected chi connectivity index (χ2v) is 6.01. The summed E-state index contributed by atoms with van der Waals surface area (Å²) in [5.74, 6) is 0.968. The second-order valence-electron chi connectivity index (χ2n) is 4.50. The largest absolute Gasteiger partial charge is 0.496 e. The SMILES string of the molecule is COc1ccc(C)cc1SC1(CN)CCC1. The molecule has 16 heavy (non-hydrogen) atoms. The van der Waals surface area contributed by atoms with Crippen molar-refractivity contribution in [3.63, 3.8) is 0 Å². The van der Waals surface area contributed by atoms with Crippen LogP contribution >= 0.6 is 11.8 Å². The summed E-state index contributed by atoms with van der Waals surface area (Å²) in [5.41, 5.74) is 7.16. The van der Waals surface area contributed by atoms with E-state index in [9.17, 15) is 0 Å². The predicted molar refractivity (Wildman–Crippen MR) is 69.2 cm³/mol. The molecule has 0 unspecified atom stereocenters. The maximum absolute atomic E-state index is 5.88. The van der Waals surface area contributed by atoms with Gasteiger partial charge in [-0.15, -0.1) is 11.8 Å². The molecule has 0 aromatic heterocycles. The summed E-state index contributed by atoms with van der Waals surface area (Å²) in [6.07, 6.45) is 3.76. The highest BCUT2D eigenvalue weighted by Gasteiger charge is 2.37. The fourth-order valence-electron chi connectivity index (χ4n) is 2.02. The fraction of sp³-hybridized carbons (Fsp3) is 0.538. The molecule has 0 radical (unpaired) electrons. The molecule has 88 valence electrons. The Labute approximate surface area is 102 Å². The lowest BCUT2D eigenvalue weighted by Crippen LogP contribution is -2.40. The Kier molecular flexibility index (Phi) is 3.45. The fourth-order valence-corrected chi connectivity index (χ4v) is 3.56. The molecule has 0 bridgehead atoms. The van der Waals surface area contributed by atoms with Gasteiger partial charge < -0.3 is 10.5 Å². The molecule has 2 N–H and O–H groups in total. The molecule has 0 aliphatic heterocycles. The first-order valence-electron chi connectivity index (χ1n) is 5.73. The summed E-state index contributed by atoms with van der Waals surface area (Å²) in [7, 11) is 1.73. The monoisotopic (exact) mass is 237 g/mol. The van der Waals surface area contributed by atoms with E-state index >= 15 is 0 Å². The van der Waals surface area contributed by atoms with E-state index in [1.807, 2.05) is 17.8 Å². The first-order chi connectivity index (χ1) is 7.69. The average Bonchev–Trinajstić information content (AvgIpc) is 2.24. The van der Waals surface area contributed by atoms with E-state index in [0.717, 1.165) is 12.3 Å². The third kappa shape index (κ3) is 2.20. The van der Waals surface area contributed by atoms with E-state index in [2.05, 4.69) is 19.1 Å². The molecule has 0 heterocycles. The van der Waals surface area contributed by atoms with Crippen LogP contribution in [0, 0.1) is 6.92 Å². The lowest BCUT2D eigenvalue weighted by Gasteiger charge is -2.40. The molecule has 1 aromatic carbocycles. The van der Waals surface area contributed by atoms with Gasteiger partial charge in [0.2, 0.25) is 0 Å². The molecule has 0 saturated heterocycles. The van der Waals surface area contributed by atoms with Crippen LogP contribution in [0.2, 0.25) is 0 Å². The van der Waals surface area contributed by atoms with Crippen LogP contribution in [0.1, 0.15) is 24.8 Å². The number of nitrogens with two attached hydrogens (primary N) is 1. The van der Waals surface area contributed by atoms with Crippen LogP contribution < -0.4 is 10.5 Å². The number of thioether (sulfide) groups is 1. The Bertz CT molecular complexity index is 369. The van der Waals surface area contributed by atoms with Crippen LogP contribution in [-0.4, -0.2) is 18.4 Å². The maximum Gasteiger partial charge on any atom is 0.132 e. The third-order valence-electron chi connectivity index (χ3n) is 3.28. The van der Waals surface area contributed by atoms with Gasteiger partial charge in [0.1, 0.15) is 5.75 Å². The van der Waals surface area contributed by atoms with E-state index in [-0.39, 0.29) is 4.75 Å². The van der Waals surface area contributed by atoms with Crippen molar-refractivity contribution in [1.82, 2.24) is 0 Å². The Morgan fingerprint density at radius 2 is 2.19 bits per heavy atom. The van der Waals surface area contributed by atoms with Crippen molar-refractivity contribution < 1.29 is 4.74 Å². The van der Waals surface area contributed by atoms with Gasteiger partial charge >= 0.3 is 0 Å². The van der Waals surface area contributed by atoms with Crippen LogP contribution in [0.15, 0.2) is 23.1 Å². The number of hydrogen-bond acceptors (Lipinski definition) is 3. The van der Waals surface area contributed by atoms with Gasteiger partial charge in [0.25, 0.3) is 0 Å². The summed E-state index contributed by atoms with van der Waals surface area (Å²) < 4.78 is 5.66. The number of rotatable bonds is 4. The van der Waals surface area contributed by atoms with Gasteiger partial charge in [0.15, 0.2) is 0 Å². The molecule has 0 amide bonds. The minimum Gasteiger partial charge on any atom is -0.496 e. The molecule has 1 aromatic rings. The minimum atomic E-state index is 0.265. The highest BCUT2D eigenvalue weighted by Crippen LogP contribution is 2.49. The van der Waals surface area contributed by atoms with Crippen molar-refractivity contribution in [3.8, 4) is 5.75 Å². The Hall–Kier alpha value is -0.670. The molecule has 2 nitrogen and oxygen atoms in total.